The van der Waals surface area contributed by atoms with E-state index in [1.165, 1.54) is 5.57 Å². The molecular weight excluding hydrogens is 132 g/mol. The summed E-state index contributed by atoms with van der Waals surface area (Å²) in [4.78, 5) is 0. The van der Waals surface area contributed by atoms with Gasteiger partial charge in [-0.2, -0.15) is 0 Å². The molecule has 0 saturated carbocycles. The molecule has 0 aromatic heterocycles. The zero-order valence-electron chi connectivity index (χ0n) is 8.44. The van der Waals surface area contributed by atoms with Crippen molar-refractivity contribution in [2.45, 2.75) is 41.0 Å². The van der Waals surface area contributed by atoms with Gasteiger partial charge in [0, 0.05) is 0 Å². The van der Waals surface area contributed by atoms with Gasteiger partial charge in [-0.05, 0) is 25.7 Å². The average Bonchev–Trinajstić information content (AvgIpc) is 1.78. The van der Waals surface area contributed by atoms with Crippen LogP contribution in [0.1, 0.15) is 41.0 Å². The Morgan fingerprint density at radius 3 is 2.09 bits per heavy atom. The number of rotatable bonds is 2. The molecule has 0 nitrogen and oxygen atoms in total. The summed E-state index contributed by atoms with van der Waals surface area (Å²) in [6, 6.07) is 0. The van der Waals surface area contributed by atoms with E-state index in [0.29, 0.717) is 5.41 Å². The van der Waals surface area contributed by atoms with Crippen LogP contribution < -0.4 is 0 Å². The maximum absolute atomic E-state index is 2.25. The smallest absolute Gasteiger partial charge is 0.0299 e. The molecule has 0 saturated heterocycles. The van der Waals surface area contributed by atoms with Gasteiger partial charge in [-0.25, -0.2) is 0 Å². The fourth-order valence-electron chi connectivity index (χ4n) is 0.682. The van der Waals surface area contributed by atoms with E-state index in [-0.39, 0.29) is 0 Å². The van der Waals surface area contributed by atoms with Gasteiger partial charge in [0.05, 0.1) is 0 Å². The third kappa shape index (κ3) is 9.48. The highest BCUT2D eigenvalue weighted by atomic mass is 14.1. The van der Waals surface area contributed by atoms with Crippen LogP contribution in [-0.2, 0) is 0 Å². The largest absolute Gasteiger partial charge is 0.0840 e. The van der Waals surface area contributed by atoms with Gasteiger partial charge in [0.15, 0.2) is 0 Å². The van der Waals surface area contributed by atoms with Crippen molar-refractivity contribution in [1.29, 1.82) is 0 Å². The number of allylic oxidation sites excluding steroid dienone is 4. The predicted octanol–water partition coefficient (Wildman–Crippen LogP) is 3.95. The Morgan fingerprint density at radius 1 is 1.18 bits per heavy atom. The summed E-state index contributed by atoms with van der Waals surface area (Å²) in [5.74, 6) is 0. The lowest BCUT2D eigenvalue weighted by Gasteiger charge is -2.14. The van der Waals surface area contributed by atoms with E-state index in [9.17, 15) is 0 Å². The van der Waals surface area contributed by atoms with E-state index in [0.717, 1.165) is 6.42 Å². The molecule has 0 aromatic rings. The highest BCUT2D eigenvalue weighted by Crippen LogP contribution is 2.18. The summed E-state index contributed by atoms with van der Waals surface area (Å²) < 4.78 is 0. The molecule has 0 spiro atoms. The Hall–Kier alpha value is -0.520. The van der Waals surface area contributed by atoms with Gasteiger partial charge in [0.2, 0.25) is 0 Å². The third-order valence-corrected chi connectivity index (χ3v) is 1.30. The van der Waals surface area contributed by atoms with Crippen molar-refractivity contribution in [2.24, 2.45) is 5.41 Å². The summed E-state index contributed by atoms with van der Waals surface area (Å²) >= 11 is 0. The van der Waals surface area contributed by atoms with Crippen LogP contribution in [-0.4, -0.2) is 0 Å². The second-order valence-electron chi connectivity index (χ2n) is 4.44. The Balaban J connectivity index is 3.71. The maximum atomic E-state index is 2.25. The van der Waals surface area contributed by atoms with E-state index >= 15 is 0 Å². The lowest BCUT2D eigenvalue weighted by molar-refractivity contribution is 0.420. The quantitative estimate of drug-likeness (QED) is 0.526. The highest BCUT2D eigenvalue weighted by molar-refractivity contribution is 5.08. The van der Waals surface area contributed by atoms with Crippen LogP contribution in [0.15, 0.2) is 23.8 Å². The first-order chi connectivity index (χ1) is 4.92. The molecule has 0 N–H and O–H groups in total. The molecule has 0 fully saturated rings. The monoisotopic (exact) mass is 152 g/mol. The van der Waals surface area contributed by atoms with Crippen LogP contribution in [0, 0.1) is 5.41 Å². The van der Waals surface area contributed by atoms with Gasteiger partial charge < -0.3 is 0 Å². The average molecular weight is 152 g/mol. The Kier molecular flexibility index (Phi) is 4.17. The van der Waals surface area contributed by atoms with Gasteiger partial charge >= 0.3 is 0 Å². The summed E-state index contributed by atoms with van der Waals surface area (Å²) in [5, 5.41) is 0. The first-order valence-corrected chi connectivity index (χ1v) is 4.22. The lowest BCUT2D eigenvalue weighted by Crippen LogP contribution is -2.01. The molecule has 0 bridgehead atoms. The van der Waals surface area contributed by atoms with Crippen molar-refractivity contribution in [1.82, 2.24) is 0 Å². The van der Waals surface area contributed by atoms with Crippen LogP contribution in [0.5, 0.6) is 0 Å². The molecular formula is C11H20. The molecule has 64 valence electrons. The molecule has 0 heteroatoms. The molecule has 0 unspecified atom stereocenters. The first kappa shape index (κ1) is 10.5. The molecule has 0 aliphatic carbocycles. The summed E-state index contributed by atoms with van der Waals surface area (Å²) in [6.07, 6.45) is 7.66. The van der Waals surface area contributed by atoms with Crippen molar-refractivity contribution >= 4 is 0 Å². The molecule has 0 aliphatic heterocycles. The van der Waals surface area contributed by atoms with Gasteiger partial charge in [-0.1, -0.05) is 44.6 Å². The van der Waals surface area contributed by atoms with Crippen LogP contribution in [0.25, 0.3) is 0 Å². The van der Waals surface area contributed by atoms with Crippen LogP contribution in [0.3, 0.4) is 0 Å². The molecule has 0 aromatic carbocycles. The zero-order chi connectivity index (χ0) is 8.91. The predicted molar refractivity (Wildman–Crippen MR) is 52.6 cm³/mol. The van der Waals surface area contributed by atoms with Crippen LogP contribution in [0.2, 0.25) is 0 Å². The van der Waals surface area contributed by atoms with Crippen LogP contribution in [0.4, 0.5) is 0 Å². The Labute approximate surface area is 71.0 Å². The molecule has 0 heterocycles. The normalized spacial score (nSPS) is 12.1. The van der Waals surface area contributed by atoms with E-state index in [1.54, 1.807) is 0 Å². The highest BCUT2D eigenvalue weighted by Gasteiger charge is 2.05. The number of hydrogen-bond donors (Lipinski definition) is 0. The number of hydrogen-bond acceptors (Lipinski definition) is 0. The Morgan fingerprint density at radius 2 is 1.73 bits per heavy atom. The van der Waals surface area contributed by atoms with Crippen LogP contribution >= 0.6 is 0 Å². The molecule has 0 atom stereocenters. The van der Waals surface area contributed by atoms with Crippen molar-refractivity contribution in [3.63, 3.8) is 0 Å². The minimum Gasteiger partial charge on any atom is -0.0840 e. The van der Waals surface area contributed by atoms with Crippen molar-refractivity contribution in [2.75, 3.05) is 0 Å². The van der Waals surface area contributed by atoms with Crippen molar-refractivity contribution in [3.8, 4) is 0 Å². The van der Waals surface area contributed by atoms with Crippen molar-refractivity contribution < 1.29 is 0 Å². The molecule has 0 amide bonds. The van der Waals surface area contributed by atoms with Crippen molar-refractivity contribution in [3.05, 3.63) is 23.8 Å². The Bertz CT molecular complexity index is 149. The first-order valence-electron chi connectivity index (χ1n) is 4.22. The lowest BCUT2D eigenvalue weighted by atomic mass is 9.92. The topological polar surface area (TPSA) is 0 Å². The second-order valence-corrected chi connectivity index (χ2v) is 4.44. The summed E-state index contributed by atoms with van der Waals surface area (Å²) in [6.45, 7) is 11.0. The molecule has 0 rings (SSSR count). The van der Waals surface area contributed by atoms with E-state index in [4.69, 9.17) is 0 Å². The third-order valence-electron chi connectivity index (χ3n) is 1.30. The van der Waals surface area contributed by atoms with E-state index in [1.807, 2.05) is 0 Å². The molecule has 0 aliphatic rings. The summed E-state index contributed by atoms with van der Waals surface area (Å²) in [7, 11) is 0. The standard InChI is InChI=1S/C11H20/c1-10(2)8-6-7-9-11(3,4)5/h6-8H,9H2,1-5H3/b7-6+. The van der Waals surface area contributed by atoms with E-state index < -0.39 is 0 Å². The van der Waals surface area contributed by atoms with Gasteiger partial charge in [0.1, 0.15) is 0 Å². The minimum atomic E-state index is 0.423. The zero-order valence-corrected chi connectivity index (χ0v) is 8.44. The fraction of sp³-hybridized carbons (Fsp3) is 0.636. The molecule has 11 heavy (non-hydrogen) atoms. The van der Waals surface area contributed by atoms with E-state index in [2.05, 4.69) is 52.8 Å². The minimum absolute atomic E-state index is 0.423. The fourth-order valence-corrected chi connectivity index (χ4v) is 0.682. The maximum Gasteiger partial charge on any atom is -0.0299 e. The second kappa shape index (κ2) is 4.38. The summed E-state index contributed by atoms with van der Waals surface area (Å²) in [5.41, 5.74) is 1.78. The van der Waals surface area contributed by atoms with Gasteiger partial charge in [-0.15, -0.1) is 0 Å². The SMILES string of the molecule is CC(C)=C/C=C/CC(C)(C)C. The molecule has 0 radical (unpaired) electrons. The van der Waals surface area contributed by atoms with Gasteiger partial charge in [-0.3, -0.25) is 0 Å². The van der Waals surface area contributed by atoms with Gasteiger partial charge in [0.25, 0.3) is 0 Å².